The minimum absolute atomic E-state index is 0.111. The van der Waals surface area contributed by atoms with Crippen molar-refractivity contribution in [1.82, 2.24) is 10.2 Å². The summed E-state index contributed by atoms with van der Waals surface area (Å²) in [6.45, 7) is 0. The molecule has 0 aliphatic rings. The first-order chi connectivity index (χ1) is 6.38. The van der Waals surface area contributed by atoms with Gasteiger partial charge >= 0.3 is 0 Å². The predicted molar refractivity (Wildman–Crippen MR) is 52.7 cm³/mol. The SMILES string of the molecule is ClC(c1ccccc1)c1cn[nH]c1. The lowest BCUT2D eigenvalue weighted by Gasteiger charge is -2.05. The van der Waals surface area contributed by atoms with E-state index in [9.17, 15) is 0 Å². The molecule has 0 spiro atoms. The van der Waals surface area contributed by atoms with Crippen molar-refractivity contribution in [3.8, 4) is 0 Å². The van der Waals surface area contributed by atoms with Crippen molar-refractivity contribution in [3.05, 3.63) is 53.9 Å². The molecule has 0 fully saturated rings. The topological polar surface area (TPSA) is 28.7 Å². The van der Waals surface area contributed by atoms with Gasteiger partial charge in [0.25, 0.3) is 0 Å². The van der Waals surface area contributed by atoms with Crippen molar-refractivity contribution in [1.29, 1.82) is 0 Å². The van der Waals surface area contributed by atoms with Crippen LogP contribution in [0.2, 0.25) is 0 Å². The largest absolute Gasteiger partial charge is 0.285 e. The average Bonchev–Trinajstić information content (AvgIpc) is 2.71. The molecule has 0 amide bonds. The number of alkyl halides is 1. The second-order valence-corrected chi connectivity index (χ2v) is 3.24. The van der Waals surface area contributed by atoms with Crippen molar-refractivity contribution in [2.75, 3.05) is 0 Å². The minimum atomic E-state index is -0.111. The fraction of sp³-hybridized carbons (Fsp3) is 0.100. The highest BCUT2D eigenvalue weighted by Crippen LogP contribution is 2.27. The molecule has 0 bridgehead atoms. The normalized spacial score (nSPS) is 12.7. The van der Waals surface area contributed by atoms with Gasteiger partial charge in [-0.15, -0.1) is 11.6 Å². The van der Waals surface area contributed by atoms with Crippen molar-refractivity contribution >= 4 is 11.6 Å². The zero-order chi connectivity index (χ0) is 9.10. The van der Waals surface area contributed by atoms with Crippen LogP contribution >= 0.6 is 11.6 Å². The van der Waals surface area contributed by atoms with Gasteiger partial charge in [-0.1, -0.05) is 30.3 Å². The van der Waals surface area contributed by atoms with Gasteiger partial charge in [0.1, 0.15) is 0 Å². The van der Waals surface area contributed by atoms with Gasteiger partial charge in [0.15, 0.2) is 0 Å². The Bertz CT molecular complexity index is 356. The molecule has 1 atom stereocenters. The van der Waals surface area contributed by atoms with E-state index in [2.05, 4.69) is 10.2 Å². The van der Waals surface area contributed by atoms with Crippen LogP contribution in [-0.4, -0.2) is 10.2 Å². The van der Waals surface area contributed by atoms with E-state index in [1.165, 1.54) is 0 Å². The summed E-state index contributed by atoms with van der Waals surface area (Å²) in [7, 11) is 0. The molecule has 3 heteroatoms. The Labute approximate surface area is 81.6 Å². The first-order valence-corrected chi connectivity index (χ1v) is 4.49. The van der Waals surface area contributed by atoms with E-state index in [4.69, 9.17) is 11.6 Å². The van der Waals surface area contributed by atoms with Crippen LogP contribution in [0.15, 0.2) is 42.7 Å². The Hall–Kier alpha value is -1.28. The molecule has 66 valence electrons. The first-order valence-electron chi connectivity index (χ1n) is 4.05. The second-order valence-electron chi connectivity index (χ2n) is 2.80. The number of nitrogens with zero attached hydrogens (tertiary/aromatic N) is 1. The zero-order valence-corrected chi connectivity index (χ0v) is 7.70. The van der Waals surface area contributed by atoms with Gasteiger partial charge in [0.05, 0.1) is 11.6 Å². The van der Waals surface area contributed by atoms with Crippen molar-refractivity contribution in [3.63, 3.8) is 0 Å². The van der Waals surface area contributed by atoms with Crippen LogP contribution in [0.1, 0.15) is 16.5 Å². The van der Waals surface area contributed by atoms with E-state index in [1.54, 1.807) is 6.20 Å². The maximum absolute atomic E-state index is 6.21. The first kappa shape index (κ1) is 8.32. The number of aromatic amines is 1. The van der Waals surface area contributed by atoms with E-state index in [1.807, 2.05) is 36.5 Å². The monoisotopic (exact) mass is 192 g/mol. The molecule has 1 heterocycles. The lowest BCUT2D eigenvalue weighted by Crippen LogP contribution is -1.89. The van der Waals surface area contributed by atoms with E-state index in [-0.39, 0.29) is 5.38 Å². The van der Waals surface area contributed by atoms with Crippen LogP contribution in [0.4, 0.5) is 0 Å². The van der Waals surface area contributed by atoms with Crippen molar-refractivity contribution < 1.29 is 0 Å². The van der Waals surface area contributed by atoms with Gasteiger partial charge in [-0.3, -0.25) is 5.10 Å². The van der Waals surface area contributed by atoms with Gasteiger partial charge < -0.3 is 0 Å². The van der Waals surface area contributed by atoms with Gasteiger partial charge in [0.2, 0.25) is 0 Å². The van der Waals surface area contributed by atoms with Gasteiger partial charge in [-0.25, -0.2) is 0 Å². The Kier molecular flexibility index (Phi) is 2.32. The molecule has 1 aromatic heterocycles. The molecule has 1 aromatic carbocycles. The predicted octanol–water partition coefficient (Wildman–Crippen LogP) is 2.74. The molecule has 1 N–H and O–H groups in total. The summed E-state index contributed by atoms with van der Waals surface area (Å²) in [6.07, 6.45) is 3.55. The molecule has 1 unspecified atom stereocenters. The fourth-order valence-corrected chi connectivity index (χ4v) is 1.48. The van der Waals surface area contributed by atoms with Crippen molar-refractivity contribution in [2.24, 2.45) is 0 Å². The van der Waals surface area contributed by atoms with Crippen molar-refractivity contribution in [2.45, 2.75) is 5.38 Å². The molecule has 2 rings (SSSR count). The Morgan fingerprint density at radius 3 is 2.54 bits per heavy atom. The minimum Gasteiger partial charge on any atom is -0.285 e. The molecule has 0 aliphatic carbocycles. The number of benzene rings is 1. The fourth-order valence-electron chi connectivity index (χ4n) is 1.21. The smallest absolute Gasteiger partial charge is 0.0865 e. The van der Waals surface area contributed by atoms with E-state index in [0.717, 1.165) is 11.1 Å². The summed E-state index contributed by atoms with van der Waals surface area (Å²) in [5, 5.41) is 6.49. The molecular weight excluding hydrogens is 184 g/mol. The summed E-state index contributed by atoms with van der Waals surface area (Å²) in [5.74, 6) is 0. The van der Waals surface area contributed by atoms with E-state index < -0.39 is 0 Å². The van der Waals surface area contributed by atoms with Crippen LogP contribution in [0.3, 0.4) is 0 Å². The van der Waals surface area contributed by atoms with Gasteiger partial charge in [-0.05, 0) is 5.56 Å². The lowest BCUT2D eigenvalue weighted by atomic mass is 10.1. The third kappa shape index (κ3) is 1.73. The molecule has 0 saturated heterocycles. The van der Waals surface area contributed by atoms with Crippen LogP contribution in [0.5, 0.6) is 0 Å². The highest BCUT2D eigenvalue weighted by atomic mass is 35.5. The number of aromatic nitrogens is 2. The summed E-state index contributed by atoms with van der Waals surface area (Å²) >= 11 is 6.21. The number of rotatable bonds is 2. The summed E-state index contributed by atoms with van der Waals surface area (Å²) in [4.78, 5) is 0. The number of hydrogen-bond donors (Lipinski definition) is 1. The Balaban J connectivity index is 2.29. The number of nitrogens with one attached hydrogen (secondary N) is 1. The third-order valence-corrected chi connectivity index (χ3v) is 2.41. The Morgan fingerprint density at radius 1 is 1.15 bits per heavy atom. The van der Waals surface area contributed by atoms with E-state index in [0.29, 0.717) is 0 Å². The zero-order valence-electron chi connectivity index (χ0n) is 6.94. The highest BCUT2D eigenvalue weighted by molar-refractivity contribution is 6.22. The maximum atomic E-state index is 6.21. The van der Waals surface area contributed by atoms with Gasteiger partial charge in [0, 0.05) is 11.8 Å². The van der Waals surface area contributed by atoms with E-state index >= 15 is 0 Å². The van der Waals surface area contributed by atoms with Crippen LogP contribution < -0.4 is 0 Å². The number of hydrogen-bond acceptors (Lipinski definition) is 1. The second kappa shape index (κ2) is 3.62. The maximum Gasteiger partial charge on any atom is 0.0865 e. The highest BCUT2D eigenvalue weighted by Gasteiger charge is 2.10. The molecule has 0 radical (unpaired) electrons. The van der Waals surface area contributed by atoms with Gasteiger partial charge in [-0.2, -0.15) is 5.10 Å². The molecule has 2 aromatic rings. The Morgan fingerprint density at radius 2 is 1.92 bits per heavy atom. The molecular formula is C10H9ClN2. The third-order valence-electron chi connectivity index (χ3n) is 1.90. The van der Waals surface area contributed by atoms with Crippen LogP contribution in [-0.2, 0) is 0 Å². The summed E-state index contributed by atoms with van der Waals surface area (Å²) in [6, 6.07) is 9.94. The standard InChI is InChI=1S/C10H9ClN2/c11-10(9-6-12-13-7-9)8-4-2-1-3-5-8/h1-7,10H,(H,12,13). The number of halogens is 1. The molecule has 2 nitrogen and oxygen atoms in total. The van der Waals surface area contributed by atoms with Crippen LogP contribution in [0.25, 0.3) is 0 Å². The quantitative estimate of drug-likeness (QED) is 0.729. The average molecular weight is 193 g/mol. The lowest BCUT2D eigenvalue weighted by molar-refractivity contribution is 1.09. The molecule has 0 aliphatic heterocycles. The van der Waals surface area contributed by atoms with Crippen LogP contribution in [0, 0.1) is 0 Å². The molecule has 13 heavy (non-hydrogen) atoms. The molecule has 0 saturated carbocycles. The summed E-state index contributed by atoms with van der Waals surface area (Å²) < 4.78 is 0. The number of H-pyrrole nitrogens is 1. The summed E-state index contributed by atoms with van der Waals surface area (Å²) in [5.41, 5.74) is 2.08.